The largest absolute Gasteiger partial charge is 0.305 e. The highest BCUT2D eigenvalue weighted by Gasteiger charge is 2.08. The fourth-order valence-electron chi connectivity index (χ4n) is 2.22. The maximum Gasteiger partial charge on any atom is 0.256 e. The van der Waals surface area contributed by atoms with E-state index in [2.05, 4.69) is 10.4 Å². The molecule has 1 aromatic heterocycles. The Kier molecular flexibility index (Phi) is 4.16. The van der Waals surface area contributed by atoms with E-state index in [1.807, 2.05) is 48.5 Å². The summed E-state index contributed by atoms with van der Waals surface area (Å²) < 4.78 is 1.47. The number of amides is 1. The smallest absolute Gasteiger partial charge is 0.256 e. The SMILES string of the molecule is N#CCn1ccc(NC(=O)c2ccc(-c3ccccc3)cc2)n1. The van der Waals surface area contributed by atoms with Crippen LogP contribution in [0.3, 0.4) is 0 Å². The van der Waals surface area contributed by atoms with Crippen molar-refractivity contribution in [1.29, 1.82) is 5.26 Å². The van der Waals surface area contributed by atoms with Crippen LogP contribution >= 0.6 is 0 Å². The Morgan fingerprint density at radius 1 is 1.04 bits per heavy atom. The lowest BCUT2D eigenvalue weighted by molar-refractivity contribution is 0.102. The number of nitriles is 1. The van der Waals surface area contributed by atoms with Crippen LogP contribution in [-0.2, 0) is 6.54 Å². The number of hydrogen-bond donors (Lipinski definition) is 1. The minimum atomic E-state index is -0.230. The van der Waals surface area contributed by atoms with Crippen molar-refractivity contribution in [1.82, 2.24) is 9.78 Å². The van der Waals surface area contributed by atoms with E-state index in [9.17, 15) is 4.79 Å². The molecule has 2 aromatic carbocycles. The average Bonchev–Trinajstić information content (AvgIpc) is 3.03. The molecule has 5 heteroatoms. The lowest BCUT2D eigenvalue weighted by atomic mass is 10.0. The van der Waals surface area contributed by atoms with Gasteiger partial charge in [0, 0.05) is 17.8 Å². The molecular formula is C18H14N4O. The van der Waals surface area contributed by atoms with Crippen LogP contribution in [0.1, 0.15) is 10.4 Å². The van der Waals surface area contributed by atoms with E-state index in [0.717, 1.165) is 11.1 Å². The Balaban J connectivity index is 1.71. The van der Waals surface area contributed by atoms with Gasteiger partial charge in [0.1, 0.15) is 6.54 Å². The van der Waals surface area contributed by atoms with Gasteiger partial charge in [-0.15, -0.1) is 0 Å². The molecule has 0 bridgehead atoms. The molecule has 0 aliphatic carbocycles. The number of carbonyl (C=O) groups excluding carboxylic acids is 1. The molecule has 0 spiro atoms. The van der Waals surface area contributed by atoms with Crippen LogP contribution in [0, 0.1) is 11.3 Å². The molecule has 1 heterocycles. The zero-order chi connectivity index (χ0) is 16.1. The fourth-order valence-corrected chi connectivity index (χ4v) is 2.22. The van der Waals surface area contributed by atoms with Gasteiger partial charge >= 0.3 is 0 Å². The van der Waals surface area contributed by atoms with Gasteiger partial charge in [0.2, 0.25) is 0 Å². The van der Waals surface area contributed by atoms with Crippen molar-refractivity contribution in [2.45, 2.75) is 6.54 Å². The number of carbonyl (C=O) groups is 1. The van der Waals surface area contributed by atoms with Gasteiger partial charge in [-0.1, -0.05) is 42.5 Å². The van der Waals surface area contributed by atoms with Crippen LogP contribution in [0.15, 0.2) is 66.9 Å². The van der Waals surface area contributed by atoms with Gasteiger partial charge in [0.25, 0.3) is 5.91 Å². The van der Waals surface area contributed by atoms with E-state index in [1.165, 1.54) is 4.68 Å². The van der Waals surface area contributed by atoms with E-state index in [-0.39, 0.29) is 12.5 Å². The first-order chi connectivity index (χ1) is 11.3. The van der Waals surface area contributed by atoms with Gasteiger partial charge in [0.15, 0.2) is 5.82 Å². The highest BCUT2D eigenvalue weighted by molar-refractivity contribution is 6.03. The number of benzene rings is 2. The minimum Gasteiger partial charge on any atom is -0.305 e. The molecule has 5 nitrogen and oxygen atoms in total. The molecule has 0 atom stereocenters. The van der Waals surface area contributed by atoms with Crippen LogP contribution in [0.4, 0.5) is 5.82 Å². The topological polar surface area (TPSA) is 70.7 Å². The van der Waals surface area contributed by atoms with E-state index < -0.39 is 0 Å². The van der Waals surface area contributed by atoms with Crippen molar-refractivity contribution in [2.75, 3.05) is 5.32 Å². The molecule has 0 fully saturated rings. The minimum absolute atomic E-state index is 0.154. The van der Waals surface area contributed by atoms with Gasteiger partial charge in [-0.2, -0.15) is 10.4 Å². The highest BCUT2D eigenvalue weighted by Crippen LogP contribution is 2.19. The van der Waals surface area contributed by atoms with Crippen LogP contribution in [-0.4, -0.2) is 15.7 Å². The second-order valence-corrected chi connectivity index (χ2v) is 4.95. The van der Waals surface area contributed by atoms with Crippen molar-refractivity contribution >= 4 is 11.7 Å². The quantitative estimate of drug-likeness (QED) is 0.803. The molecule has 23 heavy (non-hydrogen) atoms. The molecule has 0 radical (unpaired) electrons. The lowest BCUT2D eigenvalue weighted by Crippen LogP contribution is -2.12. The van der Waals surface area contributed by atoms with Crippen molar-refractivity contribution in [3.63, 3.8) is 0 Å². The van der Waals surface area contributed by atoms with Crippen LogP contribution < -0.4 is 5.32 Å². The number of nitrogens with one attached hydrogen (secondary N) is 1. The summed E-state index contributed by atoms with van der Waals surface area (Å²) in [5.41, 5.74) is 2.72. The van der Waals surface area contributed by atoms with E-state index in [4.69, 9.17) is 5.26 Å². The number of rotatable bonds is 4. The summed E-state index contributed by atoms with van der Waals surface area (Å²) in [6.45, 7) is 0.154. The predicted molar refractivity (Wildman–Crippen MR) is 87.7 cm³/mol. The molecule has 1 amide bonds. The Labute approximate surface area is 133 Å². The molecule has 112 valence electrons. The van der Waals surface area contributed by atoms with E-state index in [1.54, 1.807) is 24.4 Å². The van der Waals surface area contributed by atoms with Gasteiger partial charge in [-0.05, 0) is 23.3 Å². The third-order valence-corrected chi connectivity index (χ3v) is 3.37. The summed E-state index contributed by atoms with van der Waals surface area (Å²) in [5.74, 6) is 0.198. The molecule has 3 rings (SSSR count). The number of anilines is 1. The average molecular weight is 302 g/mol. The monoisotopic (exact) mass is 302 g/mol. The first-order valence-electron chi connectivity index (χ1n) is 7.13. The summed E-state index contributed by atoms with van der Waals surface area (Å²) in [6, 6.07) is 21.0. The van der Waals surface area contributed by atoms with Crippen molar-refractivity contribution in [2.24, 2.45) is 0 Å². The second kappa shape index (κ2) is 6.58. The van der Waals surface area contributed by atoms with E-state index >= 15 is 0 Å². The van der Waals surface area contributed by atoms with Gasteiger partial charge in [-0.25, -0.2) is 0 Å². The summed E-state index contributed by atoms with van der Waals surface area (Å²) in [4.78, 5) is 12.2. The van der Waals surface area contributed by atoms with Gasteiger partial charge < -0.3 is 5.32 Å². The number of nitrogens with zero attached hydrogens (tertiary/aromatic N) is 3. The molecule has 3 aromatic rings. The van der Waals surface area contributed by atoms with Gasteiger partial charge in [0.05, 0.1) is 6.07 Å². The third-order valence-electron chi connectivity index (χ3n) is 3.37. The van der Waals surface area contributed by atoms with E-state index in [0.29, 0.717) is 11.4 Å². The summed E-state index contributed by atoms with van der Waals surface area (Å²) in [7, 11) is 0. The predicted octanol–water partition coefficient (Wildman–Crippen LogP) is 3.33. The molecule has 1 N–H and O–H groups in total. The van der Waals surface area contributed by atoms with Crippen molar-refractivity contribution in [3.8, 4) is 17.2 Å². The zero-order valence-corrected chi connectivity index (χ0v) is 12.3. The number of hydrogen-bond acceptors (Lipinski definition) is 3. The molecule has 0 aliphatic rings. The van der Waals surface area contributed by atoms with Crippen LogP contribution in [0.25, 0.3) is 11.1 Å². The second-order valence-electron chi connectivity index (χ2n) is 4.95. The Morgan fingerprint density at radius 2 is 1.74 bits per heavy atom. The first-order valence-corrected chi connectivity index (χ1v) is 7.13. The maximum absolute atomic E-state index is 12.2. The number of aromatic nitrogens is 2. The summed E-state index contributed by atoms with van der Waals surface area (Å²) in [6.07, 6.45) is 1.65. The van der Waals surface area contributed by atoms with Gasteiger partial charge in [-0.3, -0.25) is 9.48 Å². The van der Waals surface area contributed by atoms with Crippen LogP contribution in [0.5, 0.6) is 0 Å². The van der Waals surface area contributed by atoms with Crippen LogP contribution in [0.2, 0.25) is 0 Å². The molecule has 0 aliphatic heterocycles. The lowest BCUT2D eigenvalue weighted by Gasteiger charge is -2.05. The Morgan fingerprint density at radius 3 is 2.43 bits per heavy atom. The first kappa shape index (κ1) is 14.5. The molecule has 0 unspecified atom stereocenters. The molecule has 0 saturated carbocycles. The third kappa shape index (κ3) is 3.44. The Hall–Kier alpha value is -3.39. The zero-order valence-electron chi connectivity index (χ0n) is 12.3. The maximum atomic E-state index is 12.2. The Bertz CT molecular complexity index is 845. The fraction of sp³-hybridized carbons (Fsp3) is 0.0556. The highest BCUT2D eigenvalue weighted by atomic mass is 16.1. The standard InChI is InChI=1S/C18H14N4O/c19-11-13-22-12-10-17(21-22)20-18(23)16-8-6-15(7-9-16)14-4-2-1-3-5-14/h1-10,12H,13H2,(H,20,21,23). The molecule has 0 saturated heterocycles. The molecular weight excluding hydrogens is 288 g/mol. The van der Waals surface area contributed by atoms with Crippen molar-refractivity contribution < 1.29 is 4.79 Å². The summed E-state index contributed by atoms with van der Waals surface area (Å²) >= 11 is 0. The summed E-state index contributed by atoms with van der Waals surface area (Å²) in [5, 5.41) is 15.4. The van der Waals surface area contributed by atoms with Crippen molar-refractivity contribution in [3.05, 3.63) is 72.4 Å². The normalized spacial score (nSPS) is 10.0.